The monoisotopic (exact) mass is 363 g/mol. The van der Waals surface area contributed by atoms with Crippen LogP contribution in [0.3, 0.4) is 0 Å². The highest BCUT2D eigenvalue weighted by molar-refractivity contribution is 6.31. The van der Waals surface area contributed by atoms with Crippen molar-refractivity contribution in [3.63, 3.8) is 0 Å². The van der Waals surface area contributed by atoms with Crippen LogP contribution in [0.4, 0.5) is 4.39 Å². The highest BCUT2D eigenvalue weighted by Crippen LogP contribution is 2.31. The summed E-state index contributed by atoms with van der Waals surface area (Å²) in [5.41, 5.74) is -0.0442. The van der Waals surface area contributed by atoms with Crippen molar-refractivity contribution in [3.8, 4) is 0 Å². The van der Waals surface area contributed by atoms with Crippen LogP contribution < -0.4 is 10.9 Å². The second-order valence-electron chi connectivity index (χ2n) is 6.02. The molecule has 2 N–H and O–H groups in total. The van der Waals surface area contributed by atoms with Crippen molar-refractivity contribution >= 4 is 17.5 Å². The number of hydrogen-bond donors (Lipinski definition) is 2. The van der Waals surface area contributed by atoms with Gasteiger partial charge in [-0.25, -0.2) is 4.39 Å². The largest absolute Gasteiger partial charge is 0.350 e. The Labute approximate surface area is 149 Å². The first-order chi connectivity index (χ1) is 12.1. The third kappa shape index (κ3) is 3.91. The van der Waals surface area contributed by atoms with Crippen LogP contribution in [0.15, 0.2) is 41.3 Å². The highest BCUT2D eigenvalue weighted by atomic mass is 35.5. The molecule has 1 saturated heterocycles. The van der Waals surface area contributed by atoms with Gasteiger partial charge in [0.15, 0.2) is 0 Å². The molecule has 5 nitrogen and oxygen atoms in total. The van der Waals surface area contributed by atoms with Crippen molar-refractivity contribution in [3.05, 3.63) is 68.8 Å². The first kappa shape index (κ1) is 17.6. The fraction of sp³-hybridized carbons (Fsp3) is 0.333. The smallest absolute Gasteiger partial charge is 0.260 e. The molecule has 132 valence electrons. The zero-order chi connectivity index (χ0) is 17.8. The lowest BCUT2D eigenvalue weighted by atomic mass is 10.0. The van der Waals surface area contributed by atoms with Crippen molar-refractivity contribution in [2.45, 2.75) is 18.9 Å². The Bertz CT molecular complexity index is 798. The molecule has 1 unspecified atom stereocenters. The van der Waals surface area contributed by atoms with E-state index < -0.39 is 17.3 Å². The molecule has 7 heteroatoms. The predicted octanol–water partition coefficient (Wildman–Crippen LogP) is 2.73. The van der Waals surface area contributed by atoms with E-state index in [1.54, 1.807) is 18.2 Å². The van der Waals surface area contributed by atoms with Crippen molar-refractivity contribution in [1.29, 1.82) is 0 Å². The van der Waals surface area contributed by atoms with Crippen molar-refractivity contribution in [2.24, 2.45) is 0 Å². The van der Waals surface area contributed by atoms with Gasteiger partial charge in [0.25, 0.3) is 11.5 Å². The van der Waals surface area contributed by atoms with Gasteiger partial charge >= 0.3 is 0 Å². The molecule has 0 radical (unpaired) electrons. The van der Waals surface area contributed by atoms with Gasteiger partial charge in [-0.2, -0.15) is 0 Å². The third-order valence-electron chi connectivity index (χ3n) is 4.43. The Hall–Kier alpha value is -2.18. The summed E-state index contributed by atoms with van der Waals surface area (Å²) in [6.45, 7) is 1.81. The van der Waals surface area contributed by atoms with Gasteiger partial charge in [-0.1, -0.05) is 17.7 Å². The molecule has 1 aliphatic heterocycles. The van der Waals surface area contributed by atoms with Crippen LogP contribution in [0.25, 0.3) is 0 Å². The van der Waals surface area contributed by atoms with Crippen LogP contribution in [-0.2, 0) is 0 Å². The maximum atomic E-state index is 14.4. The summed E-state index contributed by atoms with van der Waals surface area (Å²) in [5, 5.41) is 3.08. The first-order valence-corrected chi connectivity index (χ1v) is 8.59. The van der Waals surface area contributed by atoms with E-state index in [9.17, 15) is 14.0 Å². The Morgan fingerprint density at radius 2 is 2.04 bits per heavy atom. The average molecular weight is 364 g/mol. The van der Waals surface area contributed by atoms with Gasteiger partial charge in [0, 0.05) is 23.3 Å². The Kier molecular flexibility index (Phi) is 5.50. The van der Waals surface area contributed by atoms with Gasteiger partial charge < -0.3 is 10.3 Å². The summed E-state index contributed by atoms with van der Waals surface area (Å²) in [5.74, 6) is -0.880. The average Bonchev–Trinajstić information content (AvgIpc) is 3.12. The van der Waals surface area contributed by atoms with Crippen LogP contribution in [0.1, 0.15) is 34.8 Å². The number of aromatic nitrogens is 1. The zero-order valence-corrected chi connectivity index (χ0v) is 14.4. The van der Waals surface area contributed by atoms with Gasteiger partial charge in [0.05, 0.1) is 6.04 Å². The lowest BCUT2D eigenvalue weighted by Gasteiger charge is -2.29. The summed E-state index contributed by atoms with van der Waals surface area (Å²) in [6.07, 6.45) is 3.51. The van der Waals surface area contributed by atoms with Crippen LogP contribution in [0.5, 0.6) is 0 Å². The topological polar surface area (TPSA) is 65.2 Å². The number of carbonyl (C=O) groups is 1. The maximum Gasteiger partial charge on any atom is 0.260 e. The molecule has 1 aromatic heterocycles. The Morgan fingerprint density at radius 3 is 2.72 bits per heavy atom. The Morgan fingerprint density at radius 1 is 1.28 bits per heavy atom. The molecule has 2 heterocycles. The highest BCUT2D eigenvalue weighted by Gasteiger charge is 2.28. The van der Waals surface area contributed by atoms with Crippen molar-refractivity contribution < 1.29 is 9.18 Å². The fourth-order valence-corrected chi connectivity index (χ4v) is 3.47. The summed E-state index contributed by atoms with van der Waals surface area (Å²) >= 11 is 6.23. The van der Waals surface area contributed by atoms with Gasteiger partial charge in [0.2, 0.25) is 0 Å². The molecule has 3 rings (SSSR count). The van der Waals surface area contributed by atoms with Gasteiger partial charge in [-0.05, 0) is 50.2 Å². The van der Waals surface area contributed by atoms with Gasteiger partial charge in [0.1, 0.15) is 11.4 Å². The summed E-state index contributed by atoms with van der Waals surface area (Å²) < 4.78 is 14.4. The Balaban J connectivity index is 1.83. The van der Waals surface area contributed by atoms with Crippen LogP contribution >= 0.6 is 11.6 Å². The number of H-pyrrole nitrogens is 1. The van der Waals surface area contributed by atoms with E-state index in [1.807, 2.05) is 0 Å². The van der Waals surface area contributed by atoms with Gasteiger partial charge in [-0.15, -0.1) is 0 Å². The molecule has 1 aliphatic rings. The molecule has 2 aromatic rings. The first-order valence-electron chi connectivity index (χ1n) is 8.22. The van der Waals surface area contributed by atoms with Crippen LogP contribution in [0, 0.1) is 5.82 Å². The standard InChI is InChI=1S/C18H19ClFN3O2/c19-13-6-3-7-14(20)16(13)15(23-9-1-2-10-23)11-22-18(25)12-5-4-8-21-17(12)24/h3-8,15H,1-2,9-11H2,(H,21,24)(H,22,25). The van der Waals surface area contributed by atoms with Crippen LogP contribution in [0.2, 0.25) is 5.02 Å². The van der Waals surface area contributed by atoms with E-state index >= 15 is 0 Å². The van der Waals surface area contributed by atoms with Crippen LogP contribution in [-0.4, -0.2) is 35.4 Å². The number of likely N-dealkylation sites (tertiary alicyclic amines) is 1. The lowest BCUT2D eigenvalue weighted by Crippen LogP contribution is -2.38. The van der Waals surface area contributed by atoms with E-state index in [4.69, 9.17) is 11.6 Å². The number of aromatic amines is 1. The molecule has 1 amide bonds. The number of nitrogens with one attached hydrogen (secondary N) is 2. The number of halogens is 2. The quantitative estimate of drug-likeness (QED) is 0.858. The fourth-order valence-electron chi connectivity index (χ4n) is 3.18. The van der Waals surface area contributed by atoms with E-state index in [-0.39, 0.29) is 18.2 Å². The number of rotatable bonds is 5. The summed E-state index contributed by atoms with van der Waals surface area (Å²) in [4.78, 5) is 28.6. The van der Waals surface area contributed by atoms with E-state index in [0.29, 0.717) is 10.6 Å². The molecule has 1 atom stereocenters. The summed E-state index contributed by atoms with van der Waals surface area (Å²) in [6, 6.07) is 7.24. The van der Waals surface area contributed by atoms with Crippen molar-refractivity contribution in [2.75, 3.05) is 19.6 Å². The molecule has 1 fully saturated rings. The van der Waals surface area contributed by atoms with E-state index in [0.717, 1.165) is 25.9 Å². The molecule has 1 aromatic carbocycles. The van der Waals surface area contributed by atoms with Gasteiger partial charge in [-0.3, -0.25) is 14.5 Å². The second-order valence-corrected chi connectivity index (χ2v) is 6.42. The van der Waals surface area contributed by atoms with E-state index in [2.05, 4.69) is 15.2 Å². The van der Waals surface area contributed by atoms with Crippen molar-refractivity contribution in [1.82, 2.24) is 15.2 Å². The predicted molar refractivity (Wildman–Crippen MR) is 94.4 cm³/mol. The minimum Gasteiger partial charge on any atom is -0.350 e. The SMILES string of the molecule is O=C(NCC(c1c(F)cccc1Cl)N1CCCC1)c1ccc[nH]c1=O. The number of amides is 1. The normalized spacial score (nSPS) is 15.9. The third-order valence-corrected chi connectivity index (χ3v) is 4.76. The van der Waals surface area contributed by atoms with E-state index in [1.165, 1.54) is 18.3 Å². The zero-order valence-electron chi connectivity index (χ0n) is 13.6. The summed E-state index contributed by atoms with van der Waals surface area (Å²) in [7, 11) is 0. The molecular formula is C18H19ClFN3O2. The molecule has 0 spiro atoms. The molecular weight excluding hydrogens is 345 g/mol. The lowest BCUT2D eigenvalue weighted by molar-refractivity contribution is 0.0935. The number of benzene rings is 1. The number of carbonyl (C=O) groups excluding carboxylic acids is 1. The minimum absolute atomic E-state index is 0.0299. The minimum atomic E-state index is -0.487. The molecule has 0 saturated carbocycles. The molecule has 0 aliphatic carbocycles. The number of nitrogens with zero attached hydrogens (tertiary/aromatic N) is 1. The number of hydrogen-bond acceptors (Lipinski definition) is 3. The molecule has 0 bridgehead atoms. The maximum absolute atomic E-state index is 14.4. The molecule has 25 heavy (non-hydrogen) atoms. The second kappa shape index (κ2) is 7.80. The number of pyridine rings is 1.